The van der Waals surface area contributed by atoms with Crippen molar-refractivity contribution in [1.29, 1.82) is 0 Å². The Morgan fingerprint density at radius 2 is 1.80 bits per heavy atom. The highest BCUT2D eigenvalue weighted by Crippen LogP contribution is 2.35. The average Bonchev–Trinajstić information content (AvgIpc) is 2.48. The highest BCUT2D eigenvalue weighted by molar-refractivity contribution is 5.47. The lowest BCUT2D eigenvalue weighted by atomic mass is 10.1. The lowest BCUT2D eigenvalue weighted by Crippen LogP contribution is -1.97. The normalized spacial score (nSPS) is 12.0. The van der Waals surface area contributed by atoms with Crippen molar-refractivity contribution in [2.24, 2.45) is 0 Å². The zero-order chi connectivity index (χ0) is 14.5. The minimum Gasteiger partial charge on any atom is -0.493 e. The fraction of sp³-hybridized carbons (Fsp3) is 0.250. The van der Waals surface area contributed by atoms with Gasteiger partial charge in [-0.25, -0.2) is 0 Å². The van der Waals surface area contributed by atoms with Gasteiger partial charge < -0.3 is 19.7 Å². The van der Waals surface area contributed by atoms with E-state index in [4.69, 9.17) is 14.6 Å². The maximum Gasteiger partial charge on any atom is 0.169 e. The first-order valence-corrected chi connectivity index (χ1v) is 6.38. The predicted octanol–water partition coefficient (Wildman–Crippen LogP) is 3.03. The van der Waals surface area contributed by atoms with Crippen LogP contribution in [0.1, 0.15) is 24.2 Å². The maximum atomic E-state index is 9.75. The van der Waals surface area contributed by atoms with Gasteiger partial charge in [0.25, 0.3) is 0 Å². The van der Waals surface area contributed by atoms with Crippen LogP contribution < -0.4 is 9.47 Å². The molecule has 4 nitrogen and oxygen atoms in total. The Bertz CT molecular complexity index is 578. The minimum atomic E-state index is -0.617. The Hall–Kier alpha value is -2.04. The van der Waals surface area contributed by atoms with E-state index in [9.17, 15) is 5.11 Å². The molecule has 0 aliphatic carbocycles. The molecule has 4 heteroatoms. The van der Waals surface area contributed by atoms with Gasteiger partial charge in [0.05, 0.1) is 19.8 Å². The highest BCUT2D eigenvalue weighted by atomic mass is 16.5. The second-order valence-corrected chi connectivity index (χ2v) is 4.46. The summed E-state index contributed by atoms with van der Waals surface area (Å²) in [6, 6.07) is 12.5. The summed E-state index contributed by atoms with van der Waals surface area (Å²) in [6.07, 6.45) is -0.617. The molecule has 2 aromatic carbocycles. The largest absolute Gasteiger partial charge is 0.493 e. The van der Waals surface area contributed by atoms with Gasteiger partial charge in [-0.2, -0.15) is 0 Å². The molecule has 2 N–H and O–H groups in total. The first-order chi connectivity index (χ1) is 9.65. The minimum absolute atomic E-state index is 0.0547. The Labute approximate surface area is 118 Å². The lowest BCUT2D eigenvalue weighted by molar-refractivity contribution is 0.195. The fourth-order valence-electron chi connectivity index (χ4n) is 1.93. The van der Waals surface area contributed by atoms with E-state index < -0.39 is 6.10 Å². The van der Waals surface area contributed by atoms with Crippen LogP contribution in [-0.2, 0) is 6.61 Å². The molecule has 0 aliphatic heterocycles. The van der Waals surface area contributed by atoms with Gasteiger partial charge in [-0.05, 0) is 30.7 Å². The Morgan fingerprint density at radius 3 is 2.45 bits per heavy atom. The number of aliphatic hydroxyl groups excluding tert-OH is 2. The molecular weight excluding hydrogens is 256 g/mol. The molecule has 0 amide bonds. The van der Waals surface area contributed by atoms with Crippen LogP contribution in [0.25, 0.3) is 0 Å². The molecule has 0 spiro atoms. The van der Waals surface area contributed by atoms with Crippen LogP contribution in [0.5, 0.6) is 17.2 Å². The van der Waals surface area contributed by atoms with Crippen molar-refractivity contribution in [2.75, 3.05) is 7.11 Å². The van der Waals surface area contributed by atoms with E-state index in [1.165, 1.54) is 0 Å². The monoisotopic (exact) mass is 274 g/mol. The molecule has 0 aromatic heterocycles. The van der Waals surface area contributed by atoms with Gasteiger partial charge >= 0.3 is 0 Å². The average molecular weight is 274 g/mol. The lowest BCUT2D eigenvalue weighted by Gasteiger charge is -2.15. The van der Waals surface area contributed by atoms with Crippen molar-refractivity contribution < 1.29 is 19.7 Å². The number of rotatable bonds is 5. The molecule has 0 fully saturated rings. The summed E-state index contributed by atoms with van der Waals surface area (Å²) in [7, 11) is 1.55. The van der Waals surface area contributed by atoms with Gasteiger partial charge in [0.1, 0.15) is 5.75 Å². The molecule has 2 aromatic rings. The van der Waals surface area contributed by atoms with Gasteiger partial charge in [0, 0.05) is 5.56 Å². The zero-order valence-electron chi connectivity index (χ0n) is 11.5. The van der Waals surface area contributed by atoms with Crippen LogP contribution in [0.15, 0.2) is 42.5 Å². The Kier molecular flexibility index (Phi) is 4.61. The molecule has 0 saturated heterocycles. The van der Waals surface area contributed by atoms with Crippen molar-refractivity contribution in [1.82, 2.24) is 0 Å². The van der Waals surface area contributed by atoms with Gasteiger partial charge in [0.2, 0.25) is 0 Å². The smallest absolute Gasteiger partial charge is 0.169 e. The van der Waals surface area contributed by atoms with Crippen molar-refractivity contribution >= 4 is 0 Å². The third-order valence-corrected chi connectivity index (χ3v) is 3.00. The number of para-hydroxylation sites is 1. The van der Waals surface area contributed by atoms with Crippen molar-refractivity contribution in [2.45, 2.75) is 19.6 Å². The number of hydrogen-bond acceptors (Lipinski definition) is 4. The van der Waals surface area contributed by atoms with E-state index in [2.05, 4.69) is 0 Å². The third-order valence-electron chi connectivity index (χ3n) is 3.00. The summed E-state index contributed by atoms with van der Waals surface area (Å²) < 4.78 is 11.1. The van der Waals surface area contributed by atoms with Crippen LogP contribution in [0.2, 0.25) is 0 Å². The van der Waals surface area contributed by atoms with Crippen LogP contribution in [0, 0.1) is 0 Å². The first kappa shape index (κ1) is 14.4. The van der Waals surface area contributed by atoms with E-state index >= 15 is 0 Å². The second kappa shape index (κ2) is 6.41. The molecule has 0 heterocycles. The van der Waals surface area contributed by atoms with E-state index in [-0.39, 0.29) is 6.61 Å². The summed E-state index contributed by atoms with van der Waals surface area (Å²) in [5.74, 6) is 1.66. The molecule has 0 unspecified atom stereocenters. The van der Waals surface area contributed by atoms with Crippen molar-refractivity contribution in [3.8, 4) is 17.2 Å². The molecule has 0 bridgehead atoms. The number of methoxy groups -OCH3 is 1. The predicted molar refractivity (Wildman–Crippen MR) is 76.1 cm³/mol. The van der Waals surface area contributed by atoms with Gasteiger partial charge in [-0.1, -0.05) is 24.3 Å². The second-order valence-electron chi connectivity index (χ2n) is 4.46. The summed E-state index contributed by atoms with van der Waals surface area (Å²) in [4.78, 5) is 0. The molecule has 1 atom stereocenters. The highest BCUT2D eigenvalue weighted by Gasteiger charge is 2.12. The molecule has 20 heavy (non-hydrogen) atoms. The maximum absolute atomic E-state index is 9.75. The first-order valence-electron chi connectivity index (χ1n) is 6.38. The fourth-order valence-corrected chi connectivity index (χ4v) is 1.93. The number of hydrogen-bond donors (Lipinski definition) is 2. The summed E-state index contributed by atoms with van der Waals surface area (Å²) in [5.41, 5.74) is 1.46. The molecule has 2 rings (SSSR count). The standard InChI is InChI=1S/C16H18O4/c1-11(18)13-5-3-4-6-14(13)20-15-8-7-12(10-17)9-16(15)19-2/h3-9,11,17-18H,10H2,1-2H3/t11-/m0/s1. The Balaban J connectivity index is 2.35. The quantitative estimate of drug-likeness (QED) is 0.880. The van der Waals surface area contributed by atoms with E-state index in [0.717, 1.165) is 5.56 Å². The van der Waals surface area contributed by atoms with Crippen LogP contribution in [0.4, 0.5) is 0 Å². The number of aliphatic hydroxyl groups is 2. The summed E-state index contributed by atoms with van der Waals surface area (Å²) >= 11 is 0. The van der Waals surface area contributed by atoms with Gasteiger partial charge in [-0.15, -0.1) is 0 Å². The van der Waals surface area contributed by atoms with Gasteiger partial charge in [-0.3, -0.25) is 0 Å². The molecule has 0 radical (unpaired) electrons. The molecule has 0 saturated carbocycles. The van der Waals surface area contributed by atoms with Crippen LogP contribution >= 0.6 is 0 Å². The van der Waals surface area contributed by atoms with Gasteiger partial charge in [0.15, 0.2) is 11.5 Å². The summed E-state index contributed by atoms with van der Waals surface area (Å²) in [5, 5.41) is 18.9. The number of ether oxygens (including phenoxy) is 2. The number of benzene rings is 2. The summed E-state index contributed by atoms with van der Waals surface area (Å²) in [6.45, 7) is 1.63. The van der Waals surface area contributed by atoms with Crippen molar-refractivity contribution in [3.63, 3.8) is 0 Å². The van der Waals surface area contributed by atoms with E-state index in [0.29, 0.717) is 22.8 Å². The third kappa shape index (κ3) is 3.10. The van der Waals surface area contributed by atoms with E-state index in [1.54, 1.807) is 38.3 Å². The van der Waals surface area contributed by atoms with E-state index in [1.807, 2.05) is 18.2 Å². The van der Waals surface area contributed by atoms with Crippen molar-refractivity contribution in [3.05, 3.63) is 53.6 Å². The van der Waals surface area contributed by atoms with Crippen LogP contribution in [0.3, 0.4) is 0 Å². The molecule has 0 aliphatic rings. The molecule has 106 valence electrons. The Morgan fingerprint density at radius 1 is 1.05 bits per heavy atom. The zero-order valence-corrected chi connectivity index (χ0v) is 11.5. The molecular formula is C16H18O4. The van der Waals surface area contributed by atoms with Crippen LogP contribution in [-0.4, -0.2) is 17.3 Å². The topological polar surface area (TPSA) is 58.9 Å². The SMILES string of the molecule is COc1cc(CO)ccc1Oc1ccccc1[C@H](C)O.